The van der Waals surface area contributed by atoms with Gasteiger partial charge >= 0.3 is 0 Å². The molecule has 0 radical (unpaired) electrons. The Hall–Kier alpha value is -2.55. The third-order valence-corrected chi connectivity index (χ3v) is 4.03. The second-order valence-corrected chi connectivity index (χ2v) is 5.77. The normalized spacial score (nSPS) is 10.8. The molecule has 122 valence electrons. The van der Waals surface area contributed by atoms with Gasteiger partial charge in [-0.15, -0.1) is 0 Å². The Bertz CT molecular complexity index is 851. The number of rotatable bonds is 4. The first kappa shape index (κ1) is 16.3. The molecule has 3 aromatic carbocycles. The second kappa shape index (κ2) is 6.91. The third-order valence-electron chi connectivity index (χ3n) is 4.03. The van der Waals surface area contributed by atoms with Crippen molar-refractivity contribution in [2.45, 2.75) is 19.8 Å². The maximum absolute atomic E-state index is 14.5. The summed E-state index contributed by atoms with van der Waals surface area (Å²) >= 11 is 0. The topological polar surface area (TPSA) is 0 Å². The highest BCUT2D eigenvalue weighted by atomic mass is 19.2. The molecule has 0 spiro atoms. The molecular weight excluding hydrogens is 309 g/mol. The van der Waals surface area contributed by atoms with E-state index in [1.165, 1.54) is 17.7 Å². The molecule has 24 heavy (non-hydrogen) atoms. The van der Waals surface area contributed by atoms with E-state index >= 15 is 0 Å². The lowest BCUT2D eigenvalue weighted by atomic mass is 9.98. The molecule has 3 aromatic rings. The van der Waals surface area contributed by atoms with E-state index in [0.29, 0.717) is 16.7 Å². The fourth-order valence-electron chi connectivity index (χ4n) is 2.74. The summed E-state index contributed by atoms with van der Waals surface area (Å²) in [7, 11) is 0. The van der Waals surface area contributed by atoms with Crippen LogP contribution in [-0.2, 0) is 6.42 Å². The first-order chi connectivity index (χ1) is 11.6. The van der Waals surface area contributed by atoms with Gasteiger partial charge in [0, 0.05) is 5.56 Å². The maximum Gasteiger partial charge on any atom is 0.159 e. The van der Waals surface area contributed by atoms with Crippen LogP contribution in [-0.4, -0.2) is 0 Å². The van der Waals surface area contributed by atoms with E-state index in [-0.39, 0.29) is 5.82 Å². The van der Waals surface area contributed by atoms with Crippen LogP contribution < -0.4 is 0 Å². The van der Waals surface area contributed by atoms with Crippen LogP contribution in [0.15, 0.2) is 60.7 Å². The molecule has 0 saturated carbocycles. The van der Waals surface area contributed by atoms with Crippen LogP contribution in [0, 0.1) is 17.5 Å². The lowest BCUT2D eigenvalue weighted by Crippen LogP contribution is -1.89. The van der Waals surface area contributed by atoms with Gasteiger partial charge in [-0.3, -0.25) is 0 Å². The first-order valence-electron chi connectivity index (χ1n) is 7.93. The van der Waals surface area contributed by atoms with Crippen molar-refractivity contribution in [3.8, 4) is 22.3 Å². The summed E-state index contributed by atoms with van der Waals surface area (Å²) in [5.74, 6) is -2.24. The smallest absolute Gasteiger partial charge is 0.159 e. The minimum atomic E-state index is -0.941. The standard InChI is InChI=1S/C21H17F3/c1-2-3-14-4-6-15(7-5-14)18-10-8-16(12-20(18)23)17-9-11-19(22)21(24)13-17/h4-13H,2-3H2,1H3. The predicted molar refractivity (Wildman–Crippen MR) is 91.2 cm³/mol. The van der Waals surface area contributed by atoms with Crippen LogP contribution in [0.2, 0.25) is 0 Å². The molecule has 0 N–H and O–H groups in total. The van der Waals surface area contributed by atoms with Crippen molar-refractivity contribution < 1.29 is 13.2 Å². The number of hydrogen-bond acceptors (Lipinski definition) is 0. The van der Waals surface area contributed by atoms with Gasteiger partial charge in [-0.2, -0.15) is 0 Å². The van der Waals surface area contributed by atoms with Crippen molar-refractivity contribution in [2.24, 2.45) is 0 Å². The SMILES string of the molecule is CCCc1ccc(-c2ccc(-c3ccc(F)c(F)c3)cc2F)cc1. The Morgan fingerprint density at radius 1 is 0.625 bits per heavy atom. The van der Waals surface area contributed by atoms with Gasteiger partial charge in [0.2, 0.25) is 0 Å². The van der Waals surface area contributed by atoms with Crippen LogP contribution in [0.3, 0.4) is 0 Å². The molecule has 0 aromatic heterocycles. The Morgan fingerprint density at radius 2 is 1.21 bits per heavy atom. The number of aryl methyl sites for hydroxylation is 1. The molecule has 0 aliphatic heterocycles. The Kier molecular flexibility index (Phi) is 4.70. The van der Waals surface area contributed by atoms with Crippen LogP contribution in [0.4, 0.5) is 13.2 Å². The highest BCUT2D eigenvalue weighted by Crippen LogP contribution is 2.29. The van der Waals surface area contributed by atoms with Gasteiger partial charge in [-0.25, -0.2) is 13.2 Å². The molecule has 0 heterocycles. The number of hydrogen-bond donors (Lipinski definition) is 0. The van der Waals surface area contributed by atoms with E-state index in [1.54, 1.807) is 12.1 Å². The molecule has 0 bridgehead atoms. The molecule has 0 amide bonds. The zero-order valence-electron chi connectivity index (χ0n) is 13.3. The van der Waals surface area contributed by atoms with E-state index in [9.17, 15) is 13.2 Å². The van der Waals surface area contributed by atoms with Crippen molar-refractivity contribution in [1.82, 2.24) is 0 Å². The van der Waals surface area contributed by atoms with Crippen LogP contribution >= 0.6 is 0 Å². The Morgan fingerprint density at radius 3 is 1.79 bits per heavy atom. The van der Waals surface area contributed by atoms with Crippen molar-refractivity contribution >= 4 is 0 Å². The van der Waals surface area contributed by atoms with Crippen LogP contribution in [0.25, 0.3) is 22.3 Å². The lowest BCUT2D eigenvalue weighted by Gasteiger charge is -2.08. The summed E-state index contributed by atoms with van der Waals surface area (Å²) in [5, 5.41) is 0. The summed E-state index contributed by atoms with van der Waals surface area (Å²) in [6.07, 6.45) is 2.06. The highest BCUT2D eigenvalue weighted by Gasteiger charge is 2.09. The molecule has 0 fully saturated rings. The molecule has 0 atom stereocenters. The third kappa shape index (κ3) is 3.35. The lowest BCUT2D eigenvalue weighted by molar-refractivity contribution is 0.509. The largest absolute Gasteiger partial charge is 0.206 e. The van der Waals surface area contributed by atoms with Gasteiger partial charge in [0.25, 0.3) is 0 Å². The number of halogens is 3. The maximum atomic E-state index is 14.5. The summed E-state index contributed by atoms with van der Waals surface area (Å²) in [6.45, 7) is 2.12. The molecule has 0 unspecified atom stereocenters. The average Bonchev–Trinajstić information content (AvgIpc) is 2.58. The minimum Gasteiger partial charge on any atom is -0.206 e. The summed E-state index contributed by atoms with van der Waals surface area (Å²) in [4.78, 5) is 0. The molecule has 0 nitrogen and oxygen atoms in total. The first-order valence-corrected chi connectivity index (χ1v) is 7.93. The molecule has 0 saturated heterocycles. The van der Waals surface area contributed by atoms with Crippen LogP contribution in [0.1, 0.15) is 18.9 Å². The van der Waals surface area contributed by atoms with Gasteiger partial charge < -0.3 is 0 Å². The zero-order chi connectivity index (χ0) is 17.1. The highest BCUT2D eigenvalue weighted by molar-refractivity contribution is 5.71. The van der Waals surface area contributed by atoms with Gasteiger partial charge in [-0.05, 0) is 46.9 Å². The quantitative estimate of drug-likeness (QED) is 0.521. The predicted octanol–water partition coefficient (Wildman–Crippen LogP) is 6.39. The summed E-state index contributed by atoms with van der Waals surface area (Å²) < 4.78 is 40.8. The van der Waals surface area contributed by atoms with Crippen molar-refractivity contribution in [1.29, 1.82) is 0 Å². The van der Waals surface area contributed by atoms with E-state index in [0.717, 1.165) is 30.5 Å². The molecule has 0 aliphatic carbocycles. The van der Waals surface area contributed by atoms with E-state index in [2.05, 4.69) is 6.92 Å². The summed E-state index contributed by atoms with van der Waals surface area (Å²) in [6, 6.07) is 16.1. The van der Waals surface area contributed by atoms with Crippen molar-refractivity contribution in [3.05, 3.63) is 83.7 Å². The number of benzene rings is 3. The fourth-order valence-corrected chi connectivity index (χ4v) is 2.74. The van der Waals surface area contributed by atoms with E-state index in [4.69, 9.17) is 0 Å². The Labute approximate surface area is 139 Å². The minimum absolute atomic E-state index is 0.388. The second-order valence-electron chi connectivity index (χ2n) is 5.77. The Balaban J connectivity index is 1.93. The van der Waals surface area contributed by atoms with E-state index < -0.39 is 11.6 Å². The molecule has 0 aliphatic rings. The monoisotopic (exact) mass is 326 g/mol. The van der Waals surface area contributed by atoms with Gasteiger partial charge in [0.15, 0.2) is 11.6 Å². The van der Waals surface area contributed by atoms with E-state index in [1.807, 2.05) is 24.3 Å². The van der Waals surface area contributed by atoms with Crippen molar-refractivity contribution in [3.63, 3.8) is 0 Å². The molecule has 3 heteroatoms. The molecular formula is C21H17F3. The zero-order valence-corrected chi connectivity index (χ0v) is 13.3. The van der Waals surface area contributed by atoms with Gasteiger partial charge in [0.05, 0.1) is 0 Å². The average molecular weight is 326 g/mol. The fraction of sp³-hybridized carbons (Fsp3) is 0.143. The van der Waals surface area contributed by atoms with Crippen LogP contribution in [0.5, 0.6) is 0 Å². The summed E-state index contributed by atoms with van der Waals surface area (Å²) in [5.41, 5.74) is 3.46. The molecule has 3 rings (SSSR count). The van der Waals surface area contributed by atoms with Crippen molar-refractivity contribution in [2.75, 3.05) is 0 Å². The van der Waals surface area contributed by atoms with Gasteiger partial charge in [-0.1, -0.05) is 55.8 Å². The van der Waals surface area contributed by atoms with Gasteiger partial charge in [0.1, 0.15) is 5.82 Å².